The fourth-order valence-electron chi connectivity index (χ4n) is 5.57. The average molecular weight is 519 g/mol. The second kappa shape index (κ2) is 10.7. The van der Waals surface area contributed by atoms with Gasteiger partial charge >= 0.3 is 0 Å². The first-order valence-corrected chi connectivity index (χ1v) is 13.5. The molecule has 2 aliphatic rings. The van der Waals surface area contributed by atoms with Crippen molar-refractivity contribution in [3.8, 4) is 11.3 Å². The topological polar surface area (TPSA) is 74.6 Å². The summed E-state index contributed by atoms with van der Waals surface area (Å²) >= 11 is 0. The van der Waals surface area contributed by atoms with E-state index in [1.54, 1.807) is 30.6 Å². The molecule has 4 aromatic rings. The zero-order valence-corrected chi connectivity index (χ0v) is 21.3. The van der Waals surface area contributed by atoms with E-state index >= 15 is 4.39 Å². The van der Waals surface area contributed by atoms with Gasteiger partial charge in [0.1, 0.15) is 12.0 Å². The van der Waals surface area contributed by atoms with E-state index in [4.69, 9.17) is 0 Å². The smallest absolute Gasteiger partial charge is 0.251 e. The Hall–Kier alpha value is -3.43. The van der Waals surface area contributed by atoms with E-state index in [2.05, 4.69) is 25.5 Å². The van der Waals surface area contributed by atoms with Gasteiger partial charge in [0, 0.05) is 54.6 Å². The third kappa shape index (κ3) is 5.13. The highest BCUT2D eigenvalue weighted by Crippen LogP contribution is 2.29. The van der Waals surface area contributed by atoms with Crippen LogP contribution in [0.1, 0.15) is 54.1 Å². The molecule has 1 atom stereocenters. The Kier molecular flexibility index (Phi) is 7.04. The van der Waals surface area contributed by atoms with E-state index in [1.165, 1.54) is 0 Å². The molecule has 9 heteroatoms. The maximum absolute atomic E-state index is 15.1. The number of alkyl halides is 1. The summed E-state index contributed by atoms with van der Waals surface area (Å²) in [6, 6.07) is 11.0. The number of halogens is 2. The van der Waals surface area contributed by atoms with Crippen LogP contribution < -0.4 is 10.6 Å². The highest BCUT2D eigenvalue weighted by molar-refractivity contribution is 5.98. The summed E-state index contributed by atoms with van der Waals surface area (Å²) in [6.07, 6.45) is 6.96. The molecule has 2 N–H and O–H groups in total. The predicted molar refractivity (Wildman–Crippen MR) is 143 cm³/mol. The molecule has 2 aliphatic heterocycles. The first-order valence-electron chi connectivity index (χ1n) is 13.5. The largest absolute Gasteiger partial charge is 0.352 e. The quantitative estimate of drug-likeness (QED) is 0.348. The first kappa shape index (κ1) is 24.9. The lowest BCUT2D eigenvalue weighted by Crippen LogP contribution is -2.36. The number of hydrogen-bond acceptors (Lipinski definition) is 5. The second-order valence-corrected chi connectivity index (χ2v) is 10.3. The molecule has 0 saturated carbocycles. The third-order valence-electron chi connectivity index (χ3n) is 7.74. The van der Waals surface area contributed by atoms with Crippen LogP contribution in [0, 0.1) is 5.82 Å². The van der Waals surface area contributed by atoms with Crippen molar-refractivity contribution in [3.63, 3.8) is 0 Å². The number of piperidine rings is 1. The number of carbonyl (C=O) groups excluding carboxylic acids is 1. The Labute approximate surface area is 220 Å². The molecule has 38 heavy (non-hydrogen) atoms. The Bertz CT molecular complexity index is 1460. The Morgan fingerprint density at radius 1 is 1.13 bits per heavy atom. The molecule has 0 aliphatic carbocycles. The minimum atomic E-state index is -0.671. The van der Waals surface area contributed by atoms with Crippen LogP contribution in [-0.2, 0) is 0 Å². The normalized spacial score (nSPS) is 18.9. The van der Waals surface area contributed by atoms with Gasteiger partial charge in [-0.15, -0.1) is 0 Å². The third-order valence-corrected chi connectivity index (χ3v) is 7.74. The van der Waals surface area contributed by atoms with Crippen molar-refractivity contribution in [2.24, 2.45) is 0 Å². The summed E-state index contributed by atoms with van der Waals surface area (Å²) in [6.45, 7) is 3.95. The average Bonchev–Trinajstić information content (AvgIpc) is 3.62. The fraction of sp³-hybridized carbons (Fsp3) is 0.414. The SMILES string of the molecule is O=C(NCCCN1CCC(F)CC1)c1ccc2c(cnc3nc(-c4ccc(C5CCCN5)cc4F)cn32)c1. The molecule has 0 bridgehead atoms. The number of imidazole rings is 1. The van der Waals surface area contributed by atoms with Gasteiger partial charge in [0.15, 0.2) is 0 Å². The Morgan fingerprint density at radius 2 is 2.00 bits per heavy atom. The summed E-state index contributed by atoms with van der Waals surface area (Å²) in [5, 5.41) is 7.18. The lowest BCUT2D eigenvalue weighted by molar-refractivity contribution is 0.0950. The molecular formula is C29H32F2N6O. The number of hydrogen-bond donors (Lipinski definition) is 2. The molecule has 0 spiro atoms. The minimum absolute atomic E-state index is 0.139. The van der Waals surface area contributed by atoms with Crippen molar-refractivity contribution in [1.82, 2.24) is 29.9 Å². The second-order valence-electron chi connectivity index (χ2n) is 10.3. The zero-order valence-electron chi connectivity index (χ0n) is 21.3. The van der Waals surface area contributed by atoms with E-state index < -0.39 is 6.17 Å². The van der Waals surface area contributed by atoms with E-state index in [1.807, 2.05) is 22.6 Å². The lowest BCUT2D eigenvalue weighted by atomic mass is 10.0. The van der Waals surface area contributed by atoms with Crippen LogP contribution in [-0.4, -0.2) is 64.1 Å². The summed E-state index contributed by atoms with van der Waals surface area (Å²) in [5.41, 5.74) is 3.32. The van der Waals surface area contributed by atoms with Gasteiger partial charge in [0.2, 0.25) is 5.78 Å². The number of nitrogens with zero attached hydrogens (tertiary/aromatic N) is 4. The maximum atomic E-state index is 15.1. The monoisotopic (exact) mass is 518 g/mol. The molecule has 1 unspecified atom stereocenters. The van der Waals surface area contributed by atoms with E-state index in [0.717, 1.165) is 61.9 Å². The van der Waals surface area contributed by atoms with Crippen molar-refractivity contribution < 1.29 is 13.6 Å². The van der Waals surface area contributed by atoms with E-state index in [-0.39, 0.29) is 17.8 Å². The van der Waals surface area contributed by atoms with Crippen LogP contribution in [0.25, 0.3) is 27.9 Å². The Balaban J connectivity index is 1.15. The van der Waals surface area contributed by atoms with Crippen LogP contribution >= 0.6 is 0 Å². The summed E-state index contributed by atoms with van der Waals surface area (Å²) < 4.78 is 30.2. The van der Waals surface area contributed by atoms with Crippen molar-refractivity contribution >= 4 is 22.6 Å². The molecule has 1 amide bonds. The van der Waals surface area contributed by atoms with Crippen LogP contribution in [0.5, 0.6) is 0 Å². The summed E-state index contributed by atoms with van der Waals surface area (Å²) in [4.78, 5) is 24.0. The van der Waals surface area contributed by atoms with Crippen LogP contribution in [0.3, 0.4) is 0 Å². The highest BCUT2D eigenvalue weighted by atomic mass is 19.1. The lowest BCUT2D eigenvalue weighted by Gasteiger charge is -2.28. The minimum Gasteiger partial charge on any atom is -0.352 e. The predicted octanol–water partition coefficient (Wildman–Crippen LogP) is 4.67. The van der Waals surface area contributed by atoms with Gasteiger partial charge < -0.3 is 15.5 Å². The number of carbonyl (C=O) groups is 1. The molecule has 7 nitrogen and oxygen atoms in total. The molecule has 4 heterocycles. The number of likely N-dealkylation sites (tertiary alicyclic amines) is 1. The number of nitrogens with one attached hydrogen (secondary N) is 2. The first-order chi connectivity index (χ1) is 18.5. The van der Waals surface area contributed by atoms with Crippen LogP contribution in [0.2, 0.25) is 0 Å². The zero-order chi connectivity index (χ0) is 26.1. The maximum Gasteiger partial charge on any atom is 0.251 e. The van der Waals surface area contributed by atoms with Crippen molar-refractivity contribution in [3.05, 3.63) is 65.7 Å². The van der Waals surface area contributed by atoms with Gasteiger partial charge in [0.05, 0.1) is 11.2 Å². The van der Waals surface area contributed by atoms with Crippen LogP contribution in [0.4, 0.5) is 8.78 Å². The number of fused-ring (bicyclic) bond motifs is 3. The van der Waals surface area contributed by atoms with E-state index in [9.17, 15) is 9.18 Å². The standard InChI is InChI=1S/C29H32F2N6O/c30-22-8-13-36(14-9-22)12-2-11-33-28(38)20-5-7-27-21(15-20)17-34-29-35-26(18-37(27)29)23-6-4-19(16-24(23)31)25-3-1-10-32-25/h4-7,15-18,22,25,32H,1-3,8-14H2,(H,33,38). The molecule has 0 radical (unpaired) electrons. The highest BCUT2D eigenvalue weighted by Gasteiger charge is 2.20. The molecular weight excluding hydrogens is 486 g/mol. The molecule has 6 rings (SSSR count). The van der Waals surface area contributed by atoms with Crippen molar-refractivity contribution in [2.45, 2.75) is 44.3 Å². The van der Waals surface area contributed by atoms with Gasteiger partial charge in [-0.1, -0.05) is 6.07 Å². The molecule has 198 valence electrons. The summed E-state index contributed by atoms with van der Waals surface area (Å²) in [5.74, 6) is 0.0388. The fourth-order valence-corrected chi connectivity index (χ4v) is 5.57. The molecule has 2 fully saturated rings. The van der Waals surface area contributed by atoms with Gasteiger partial charge in [-0.25, -0.2) is 18.7 Å². The molecule has 2 aromatic carbocycles. The Morgan fingerprint density at radius 3 is 2.79 bits per heavy atom. The summed E-state index contributed by atoms with van der Waals surface area (Å²) in [7, 11) is 0. The number of aromatic nitrogens is 3. The molecule has 2 aromatic heterocycles. The number of amides is 1. The molecule has 2 saturated heterocycles. The van der Waals surface area contributed by atoms with Crippen LogP contribution in [0.15, 0.2) is 48.8 Å². The van der Waals surface area contributed by atoms with Gasteiger partial charge in [-0.2, -0.15) is 0 Å². The number of benzene rings is 2. The van der Waals surface area contributed by atoms with Crippen molar-refractivity contribution in [1.29, 1.82) is 0 Å². The van der Waals surface area contributed by atoms with E-state index in [0.29, 0.717) is 42.0 Å². The van der Waals surface area contributed by atoms with Crippen molar-refractivity contribution in [2.75, 3.05) is 32.7 Å². The number of rotatable bonds is 7. The van der Waals surface area contributed by atoms with Gasteiger partial charge in [-0.05, 0) is 81.1 Å². The van der Waals surface area contributed by atoms with Gasteiger partial charge in [-0.3, -0.25) is 9.20 Å². The van der Waals surface area contributed by atoms with Gasteiger partial charge in [0.25, 0.3) is 5.91 Å².